The molecule has 0 aromatic heterocycles. The van der Waals surface area contributed by atoms with E-state index in [0.717, 1.165) is 0 Å². The number of halogens is 2. The van der Waals surface area contributed by atoms with Crippen LogP contribution in [-0.4, -0.2) is 23.1 Å². The molecular weight excluding hydrogens is 341 g/mol. The zero-order valence-corrected chi connectivity index (χ0v) is 13.1. The van der Waals surface area contributed by atoms with E-state index in [9.17, 15) is 14.7 Å². The Morgan fingerprint density at radius 3 is 2.57 bits per heavy atom. The van der Waals surface area contributed by atoms with Gasteiger partial charge >= 0.3 is 11.8 Å². The molecule has 0 aliphatic heterocycles. The highest BCUT2D eigenvalue weighted by Crippen LogP contribution is 2.25. The van der Waals surface area contributed by atoms with Crippen LogP contribution in [0.25, 0.3) is 0 Å². The smallest absolute Gasteiger partial charge is 0.329 e. The van der Waals surface area contributed by atoms with Crippen LogP contribution in [0.4, 0.5) is 5.69 Å². The molecule has 2 rings (SSSR count). The van der Waals surface area contributed by atoms with Gasteiger partial charge in [-0.15, -0.1) is 0 Å². The maximum absolute atomic E-state index is 11.7. The number of hydrazone groups is 1. The van der Waals surface area contributed by atoms with Crippen LogP contribution in [0, 0.1) is 0 Å². The van der Waals surface area contributed by atoms with Gasteiger partial charge in [0.15, 0.2) is 0 Å². The van der Waals surface area contributed by atoms with Gasteiger partial charge in [0, 0.05) is 10.6 Å². The van der Waals surface area contributed by atoms with Crippen LogP contribution in [0.3, 0.4) is 0 Å². The van der Waals surface area contributed by atoms with Crippen molar-refractivity contribution >= 4 is 46.9 Å². The quantitative estimate of drug-likeness (QED) is 0.451. The van der Waals surface area contributed by atoms with Crippen LogP contribution in [0.2, 0.25) is 10.0 Å². The third-order valence-electron chi connectivity index (χ3n) is 2.69. The second kappa shape index (κ2) is 7.62. The van der Waals surface area contributed by atoms with Crippen molar-refractivity contribution in [1.82, 2.24) is 5.43 Å². The van der Waals surface area contributed by atoms with Crippen molar-refractivity contribution < 1.29 is 14.7 Å². The molecule has 6 nitrogen and oxygen atoms in total. The molecule has 3 N–H and O–H groups in total. The summed E-state index contributed by atoms with van der Waals surface area (Å²) in [5.41, 5.74) is 2.65. The van der Waals surface area contributed by atoms with Crippen LogP contribution in [0.15, 0.2) is 47.6 Å². The highest BCUT2D eigenvalue weighted by molar-refractivity contribution is 6.42. The number of benzene rings is 2. The summed E-state index contributed by atoms with van der Waals surface area (Å²) in [4.78, 5) is 23.4. The Bertz CT molecular complexity index is 778. The van der Waals surface area contributed by atoms with E-state index in [-0.39, 0.29) is 16.5 Å². The third-order valence-corrected chi connectivity index (χ3v) is 3.25. The minimum Gasteiger partial charge on any atom is -0.507 e. The first kappa shape index (κ1) is 16.8. The summed E-state index contributed by atoms with van der Waals surface area (Å²) in [5.74, 6) is -1.95. The largest absolute Gasteiger partial charge is 0.507 e. The lowest BCUT2D eigenvalue weighted by Gasteiger charge is -2.06. The van der Waals surface area contributed by atoms with E-state index in [1.807, 2.05) is 5.43 Å². The SMILES string of the molecule is O=C(N/N=C/c1ccccc1O)C(=O)Nc1cc(Cl)ccc1Cl. The van der Waals surface area contributed by atoms with Crippen molar-refractivity contribution in [2.24, 2.45) is 5.10 Å². The molecule has 0 heterocycles. The van der Waals surface area contributed by atoms with Gasteiger partial charge in [0.2, 0.25) is 0 Å². The summed E-state index contributed by atoms with van der Waals surface area (Å²) in [5, 5.41) is 16.1. The lowest BCUT2D eigenvalue weighted by atomic mass is 10.2. The standard InChI is InChI=1S/C15H11Cl2N3O3/c16-10-5-6-11(17)12(7-10)19-14(22)15(23)20-18-8-9-3-1-2-4-13(9)21/h1-8,21H,(H,19,22)(H,20,23)/b18-8+. The normalized spacial score (nSPS) is 10.5. The predicted molar refractivity (Wildman–Crippen MR) is 88.9 cm³/mol. The number of phenols is 1. The second-order valence-electron chi connectivity index (χ2n) is 4.34. The number of nitrogens with one attached hydrogen (secondary N) is 2. The number of para-hydroxylation sites is 1. The van der Waals surface area contributed by atoms with Crippen molar-refractivity contribution in [3.05, 3.63) is 58.1 Å². The van der Waals surface area contributed by atoms with E-state index in [1.165, 1.54) is 24.4 Å². The van der Waals surface area contributed by atoms with Gasteiger partial charge in [-0.3, -0.25) is 9.59 Å². The number of carbonyl (C=O) groups excluding carboxylic acids is 2. The van der Waals surface area contributed by atoms with Crippen LogP contribution in [0.1, 0.15) is 5.56 Å². The summed E-state index contributed by atoms with van der Waals surface area (Å²) in [6, 6.07) is 10.9. The summed E-state index contributed by atoms with van der Waals surface area (Å²) < 4.78 is 0. The van der Waals surface area contributed by atoms with Crippen molar-refractivity contribution in [3.63, 3.8) is 0 Å². The van der Waals surface area contributed by atoms with Crippen molar-refractivity contribution in [2.75, 3.05) is 5.32 Å². The van der Waals surface area contributed by atoms with E-state index in [0.29, 0.717) is 10.6 Å². The fraction of sp³-hybridized carbons (Fsp3) is 0. The Morgan fingerprint density at radius 1 is 1.09 bits per heavy atom. The third kappa shape index (κ3) is 4.70. The lowest BCUT2D eigenvalue weighted by molar-refractivity contribution is -0.136. The summed E-state index contributed by atoms with van der Waals surface area (Å²) >= 11 is 11.7. The first-order valence-electron chi connectivity index (χ1n) is 6.35. The topological polar surface area (TPSA) is 90.8 Å². The molecule has 23 heavy (non-hydrogen) atoms. The average molecular weight is 352 g/mol. The maximum atomic E-state index is 11.7. The molecule has 0 radical (unpaired) electrons. The Hall–Kier alpha value is -2.57. The van der Waals surface area contributed by atoms with Gasteiger partial charge in [-0.1, -0.05) is 35.3 Å². The molecule has 8 heteroatoms. The van der Waals surface area contributed by atoms with Crippen LogP contribution < -0.4 is 10.7 Å². The second-order valence-corrected chi connectivity index (χ2v) is 5.18. The molecule has 2 aromatic rings. The Labute approximate surface area is 141 Å². The average Bonchev–Trinajstić information content (AvgIpc) is 2.52. The van der Waals surface area contributed by atoms with Gasteiger partial charge < -0.3 is 10.4 Å². The summed E-state index contributed by atoms with van der Waals surface area (Å²) in [6.45, 7) is 0. The number of carbonyl (C=O) groups is 2. The first-order chi connectivity index (χ1) is 11.0. The van der Waals surface area contributed by atoms with E-state index < -0.39 is 11.8 Å². The number of anilines is 1. The number of hydrogen-bond acceptors (Lipinski definition) is 4. The van der Waals surface area contributed by atoms with E-state index in [2.05, 4.69) is 10.4 Å². The fourth-order valence-electron chi connectivity index (χ4n) is 1.58. The highest BCUT2D eigenvalue weighted by atomic mass is 35.5. The molecular formula is C15H11Cl2N3O3. The molecule has 0 bridgehead atoms. The monoisotopic (exact) mass is 351 g/mol. The van der Waals surface area contributed by atoms with Gasteiger partial charge in [0.25, 0.3) is 0 Å². The van der Waals surface area contributed by atoms with Gasteiger partial charge in [-0.25, -0.2) is 5.43 Å². The summed E-state index contributed by atoms with van der Waals surface area (Å²) in [7, 11) is 0. The minimum atomic E-state index is -0.993. The molecule has 2 aromatic carbocycles. The van der Waals surface area contributed by atoms with E-state index in [1.54, 1.807) is 24.3 Å². The molecule has 0 fully saturated rings. The maximum Gasteiger partial charge on any atom is 0.329 e. The van der Waals surface area contributed by atoms with Gasteiger partial charge in [-0.05, 0) is 30.3 Å². The van der Waals surface area contributed by atoms with Crippen molar-refractivity contribution in [3.8, 4) is 5.75 Å². The fourth-order valence-corrected chi connectivity index (χ4v) is 1.92. The molecule has 0 aliphatic carbocycles. The molecule has 0 unspecified atom stereocenters. The van der Waals surface area contributed by atoms with Gasteiger partial charge in [-0.2, -0.15) is 5.10 Å². The minimum absolute atomic E-state index is 0.000611. The summed E-state index contributed by atoms with van der Waals surface area (Å²) in [6.07, 6.45) is 1.22. The van der Waals surface area contributed by atoms with Crippen molar-refractivity contribution in [2.45, 2.75) is 0 Å². The van der Waals surface area contributed by atoms with Crippen molar-refractivity contribution in [1.29, 1.82) is 0 Å². The number of nitrogens with zero attached hydrogens (tertiary/aromatic N) is 1. The Morgan fingerprint density at radius 2 is 1.83 bits per heavy atom. The van der Waals surface area contributed by atoms with Crippen LogP contribution in [-0.2, 0) is 9.59 Å². The molecule has 0 saturated carbocycles. The number of hydrogen-bond donors (Lipinski definition) is 3. The molecule has 118 valence electrons. The lowest BCUT2D eigenvalue weighted by Crippen LogP contribution is -2.32. The van der Waals surface area contributed by atoms with Crippen LogP contribution >= 0.6 is 23.2 Å². The number of phenolic OH excluding ortho intramolecular Hbond substituents is 1. The Balaban J connectivity index is 1.97. The molecule has 0 atom stereocenters. The number of amides is 2. The zero-order valence-electron chi connectivity index (χ0n) is 11.6. The van der Waals surface area contributed by atoms with Gasteiger partial charge in [0.1, 0.15) is 5.75 Å². The predicted octanol–water partition coefficient (Wildman–Crippen LogP) is 2.79. The molecule has 0 spiro atoms. The zero-order chi connectivity index (χ0) is 16.8. The van der Waals surface area contributed by atoms with Gasteiger partial charge in [0.05, 0.1) is 16.9 Å². The highest BCUT2D eigenvalue weighted by Gasteiger charge is 2.14. The molecule has 0 saturated heterocycles. The number of aromatic hydroxyl groups is 1. The van der Waals surface area contributed by atoms with E-state index >= 15 is 0 Å². The Kier molecular flexibility index (Phi) is 5.56. The number of rotatable bonds is 3. The van der Waals surface area contributed by atoms with Crippen LogP contribution in [0.5, 0.6) is 5.75 Å². The first-order valence-corrected chi connectivity index (χ1v) is 7.10. The molecule has 0 aliphatic rings. The molecule has 2 amide bonds. The van der Waals surface area contributed by atoms with E-state index in [4.69, 9.17) is 23.2 Å².